The summed E-state index contributed by atoms with van der Waals surface area (Å²) >= 11 is 0. The average Bonchev–Trinajstić information content (AvgIpc) is 3.10. The van der Waals surface area contributed by atoms with Gasteiger partial charge in [0.15, 0.2) is 0 Å². The largest absolute Gasteiger partial charge is 0.393 e. The van der Waals surface area contributed by atoms with Gasteiger partial charge in [0.05, 0.1) is 30.4 Å². The third-order valence-electron chi connectivity index (χ3n) is 5.31. The summed E-state index contributed by atoms with van der Waals surface area (Å²) < 4.78 is 17.1. The van der Waals surface area contributed by atoms with Crippen LogP contribution < -0.4 is 0 Å². The average molecular weight is 300 g/mol. The molecule has 1 fully saturated rings. The Kier molecular flexibility index (Phi) is 3.30. The zero-order valence-electron chi connectivity index (χ0n) is 12.6. The van der Waals surface area contributed by atoms with Crippen molar-refractivity contribution in [3.05, 3.63) is 42.4 Å². The molecule has 1 N–H and O–H groups in total. The highest BCUT2D eigenvalue weighted by Gasteiger charge is 2.37. The molecule has 0 spiro atoms. The molecule has 0 unspecified atom stereocenters. The van der Waals surface area contributed by atoms with Crippen molar-refractivity contribution in [2.45, 2.75) is 56.3 Å². The number of aliphatic hydroxyl groups is 1. The smallest absolute Gasteiger partial charge is 0.111 e. The minimum absolute atomic E-state index is 0.188. The Morgan fingerprint density at radius 2 is 2.05 bits per heavy atom. The quantitative estimate of drug-likeness (QED) is 0.934. The third-order valence-corrected chi connectivity index (χ3v) is 5.31. The molecule has 0 saturated heterocycles. The van der Waals surface area contributed by atoms with Crippen LogP contribution in [0.1, 0.15) is 50.1 Å². The Labute approximate surface area is 129 Å². The first kappa shape index (κ1) is 13.9. The molecule has 1 atom stereocenters. The minimum atomic E-state index is -1.11. The van der Waals surface area contributed by atoms with E-state index >= 15 is 0 Å². The molecule has 2 aliphatic rings. The number of aliphatic hydroxyl groups excluding tert-OH is 1. The maximum absolute atomic E-state index is 14.9. The second kappa shape index (κ2) is 5.20. The van der Waals surface area contributed by atoms with Crippen molar-refractivity contribution in [2.75, 3.05) is 0 Å². The second-order valence-electron chi connectivity index (χ2n) is 6.71. The van der Waals surface area contributed by atoms with Crippen LogP contribution in [0.15, 0.2) is 36.8 Å². The van der Waals surface area contributed by atoms with Crippen LogP contribution in [0.25, 0.3) is 11.3 Å². The van der Waals surface area contributed by atoms with Crippen molar-refractivity contribution in [1.82, 2.24) is 9.55 Å². The number of hydrogen-bond donors (Lipinski definition) is 1. The van der Waals surface area contributed by atoms with Crippen molar-refractivity contribution < 1.29 is 9.50 Å². The van der Waals surface area contributed by atoms with E-state index in [2.05, 4.69) is 21.7 Å². The summed E-state index contributed by atoms with van der Waals surface area (Å²) in [6.07, 6.45) is 6.93. The Morgan fingerprint density at radius 1 is 1.27 bits per heavy atom. The monoisotopic (exact) mass is 300 g/mol. The van der Waals surface area contributed by atoms with Crippen molar-refractivity contribution in [3.8, 4) is 11.3 Å². The molecule has 2 heterocycles. The van der Waals surface area contributed by atoms with Gasteiger partial charge < -0.3 is 9.67 Å². The van der Waals surface area contributed by atoms with Gasteiger partial charge in [0.1, 0.15) is 5.67 Å². The predicted molar refractivity (Wildman–Crippen MR) is 83.3 cm³/mol. The fraction of sp³-hybridized carbons (Fsp3) is 0.500. The van der Waals surface area contributed by atoms with Crippen molar-refractivity contribution in [1.29, 1.82) is 0 Å². The summed E-state index contributed by atoms with van der Waals surface area (Å²) in [6.45, 7) is 0. The van der Waals surface area contributed by atoms with Crippen LogP contribution in [0.4, 0.5) is 4.39 Å². The van der Waals surface area contributed by atoms with Crippen LogP contribution in [-0.2, 0) is 0 Å². The SMILES string of the molecule is OC1CCC(F)(CC[C@H]2c3ccccc3-c3cncn32)CC1. The van der Waals surface area contributed by atoms with Gasteiger partial charge in [-0.3, -0.25) is 0 Å². The van der Waals surface area contributed by atoms with Gasteiger partial charge in [-0.2, -0.15) is 0 Å². The van der Waals surface area contributed by atoms with E-state index < -0.39 is 5.67 Å². The number of fused-ring (bicyclic) bond motifs is 3. The molecule has 1 aliphatic heterocycles. The maximum Gasteiger partial charge on any atom is 0.111 e. The van der Waals surface area contributed by atoms with E-state index in [1.807, 2.05) is 24.7 Å². The van der Waals surface area contributed by atoms with E-state index in [0.29, 0.717) is 32.1 Å². The molecule has 0 amide bonds. The number of alkyl halides is 1. The highest BCUT2D eigenvalue weighted by Crippen LogP contribution is 2.44. The van der Waals surface area contributed by atoms with E-state index in [-0.39, 0.29) is 12.1 Å². The topological polar surface area (TPSA) is 38.1 Å². The summed E-state index contributed by atoms with van der Waals surface area (Å²) in [5.74, 6) is 0. The van der Waals surface area contributed by atoms with Crippen molar-refractivity contribution >= 4 is 0 Å². The molecule has 4 heteroatoms. The van der Waals surface area contributed by atoms with E-state index in [1.165, 1.54) is 11.1 Å². The van der Waals surface area contributed by atoms with E-state index in [0.717, 1.165) is 12.1 Å². The maximum atomic E-state index is 14.9. The number of nitrogens with zero attached hydrogens (tertiary/aromatic N) is 2. The number of halogens is 1. The molecule has 0 radical (unpaired) electrons. The van der Waals surface area contributed by atoms with E-state index in [4.69, 9.17) is 0 Å². The van der Waals surface area contributed by atoms with Gasteiger partial charge in [0, 0.05) is 5.56 Å². The molecular weight excluding hydrogens is 279 g/mol. The molecule has 2 aromatic rings. The van der Waals surface area contributed by atoms with Gasteiger partial charge >= 0.3 is 0 Å². The molecule has 1 aromatic carbocycles. The van der Waals surface area contributed by atoms with Gasteiger partial charge in [-0.05, 0) is 44.1 Å². The summed E-state index contributed by atoms with van der Waals surface area (Å²) in [4.78, 5) is 4.25. The van der Waals surface area contributed by atoms with Gasteiger partial charge in [-0.15, -0.1) is 0 Å². The van der Waals surface area contributed by atoms with Crippen LogP contribution in [0.2, 0.25) is 0 Å². The van der Waals surface area contributed by atoms with Crippen LogP contribution >= 0.6 is 0 Å². The lowest BCUT2D eigenvalue weighted by atomic mass is 9.80. The molecule has 22 heavy (non-hydrogen) atoms. The van der Waals surface area contributed by atoms with Crippen molar-refractivity contribution in [2.24, 2.45) is 0 Å². The fourth-order valence-electron chi connectivity index (χ4n) is 3.99. The third kappa shape index (κ3) is 2.26. The summed E-state index contributed by atoms with van der Waals surface area (Å²) in [5.41, 5.74) is 2.52. The lowest BCUT2D eigenvalue weighted by Gasteiger charge is -2.33. The van der Waals surface area contributed by atoms with Crippen LogP contribution in [0.3, 0.4) is 0 Å². The first-order chi connectivity index (χ1) is 10.7. The first-order valence-electron chi connectivity index (χ1n) is 8.14. The lowest BCUT2D eigenvalue weighted by Crippen LogP contribution is -2.32. The Bertz CT molecular complexity index is 673. The van der Waals surface area contributed by atoms with Gasteiger partial charge in [-0.25, -0.2) is 9.37 Å². The molecule has 1 aliphatic carbocycles. The van der Waals surface area contributed by atoms with Crippen LogP contribution in [0.5, 0.6) is 0 Å². The van der Waals surface area contributed by atoms with Crippen LogP contribution in [-0.4, -0.2) is 26.4 Å². The second-order valence-corrected chi connectivity index (χ2v) is 6.71. The number of rotatable bonds is 3. The predicted octanol–water partition coefficient (Wildman–Crippen LogP) is 3.88. The summed E-state index contributed by atoms with van der Waals surface area (Å²) in [7, 11) is 0. The zero-order valence-corrected chi connectivity index (χ0v) is 12.6. The normalized spacial score (nSPS) is 30.1. The standard InChI is InChI=1S/C18H21FN2O/c19-18(8-5-13(22)6-9-18)10-7-16-14-3-1-2-4-15(14)17-11-20-12-21(16)17/h1-4,11-13,16,22H,5-10H2/t13?,16-,18?/m0/s1. The van der Waals surface area contributed by atoms with E-state index in [9.17, 15) is 9.50 Å². The van der Waals surface area contributed by atoms with Crippen molar-refractivity contribution in [3.63, 3.8) is 0 Å². The molecule has 4 rings (SSSR count). The zero-order chi connectivity index (χ0) is 15.2. The molecule has 0 bridgehead atoms. The highest BCUT2D eigenvalue weighted by atomic mass is 19.1. The number of benzene rings is 1. The molecule has 1 aromatic heterocycles. The molecule has 116 valence electrons. The first-order valence-corrected chi connectivity index (χ1v) is 8.14. The fourth-order valence-corrected chi connectivity index (χ4v) is 3.99. The van der Waals surface area contributed by atoms with Crippen LogP contribution in [0, 0.1) is 0 Å². The van der Waals surface area contributed by atoms with Gasteiger partial charge in [0.25, 0.3) is 0 Å². The lowest BCUT2D eigenvalue weighted by molar-refractivity contribution is 0.0253. The summed E-state index contributed by atoms with van der Waals surface area (Å²) in [6, 6.07) is 8.53. The number of hydrogen-bond acceptors (Lipinski definition) is 2. The molecule has 1 saturated carbocycles. The van der Waals surface area contributed by atoms with E-state index in [1.54, 1.807) is 0 Å². The molecule has 3 nitrogen and oxygen atoms in total. The number of imidazole rings is 1. The Hall–Kier alpha value is -1.68. The van der Waals surface area contributed by atoms with Gasteiger partial charge in [-0.1, -0.05) is 24.3 Å². The number of aromatic nitrogens is 2. The molecular formula is C18H21FN2O. The minimum Gasteiger partial charge on any atom is -0.393 e. The Balaban J connectivity index is 1.54. The van der Waals surface area contributed by atoms with Gasteiger partial charge in [0.2, 0.25) is 0 Å². The Morgan fingerprint density at radius 3 is 2.86 bits per heavy atom. The summed E-state index contributed by atoms with van der Waals surface area (Å²) in [5, 5.41) is 9.57. The highest BCUT2D eigenvalue weighted by molar-refractivity contribution is 5.68.